The first-order chi connectivity index (χ1) is 11.6. The first-order valence-corrected chi connectivity index (χ1v) is 9.30. The first kappa shape index (κ1) is 17.5. The molecule has 0 aliphatic carbocycles. The highest BCUT2D eigenvalue weighted by atomic mass is 79.9. The fourth-order valence-electron chi connectivity index (χ4n) is 3.06. The van der Waals surface area contributed by atoms with E-state index in [-0.39, 0.29) is 11.8 Å². The molecule has 24 heavy (non-hydrogen) atoms. The number of hydrogen-bond acceptors (Lipinski definition) is 2. The number of rotatable bonds is 4. The molecule has 1 N–H and O–H groups in total. The van der Waals surface area contributed by atoms with Crippen molar-refractivity contribution in [3.63, 3.8) is 0 Å². The molecule has 3 nitrogen and oxygen atoms in total. The first-order valence-electron chi connectivity index (χ1n) is 8.13. The van der Waals surface area contributed by atoms with Gasteiger partial charge < -0.3 is 5.32 Å². The zero-order chi connectivity index (χ0) is 16.9. The van der Waals surface area contributed by atoms with Crippen LogP contribution < -0.4 is 5.32 Å². The highest BCUT2D eigenvalue weighted by Crippen LogP contribution is 2.23. The molecule has 3 rings (SSSR count). The average molecular weight is 408 g/mol. The van der Waals surface area contributed by atoms with Gasteiger partial charge >= 0.3 is 0 Å². The molecule has 2 aromatic rings. The van der Waals surface area contributed by atoms with Gasteiger partial charge in [0.2, 0.25) is 5.91 Å². The fourth-order valence-corrected chi connectivity index (χ4v) is 3.67. The van der Waals surface area contributed by atoms with Gasteiger partial charge in [0.05, 0.1) is 0 Å². The van der Waals surface area contributed by atoms with Gasteiger partial charge in [-0.1, -0.05) is 45.7 Å². The highest BCUT2D eigenvalue weighted by Gasteiger charge is 2.25. The summed E-state index contributed by atoms with van der Waals surface area (Å²) in [5.74, 6) is 0.204. The number of carbonyl (C=O) groups is 1. The van der Waals surface area contributed by atoms with Crippen molar-refractivity contribution in [2.45, 2.75) is 19.4 Å². The number of likely N-dealkylation sites (tertiary alicyclic amines) is 1. The third kappa shape index (κ3) is 4.82. The number of amides is 1. The Morgan fingerprint density at radius 3 is 2.62 bits per heavy atom. The van der Waals surface area contributed by atoms with Crippen LogP contribution in [0.5, 0.6) is 0 Å². The number of halogens is 2. The molecule has 1 fully saturated rings. The lowest BCUT2D eigenvalue weighted by Gasteiger charge is -2.31. The molecular formula is C19H20BrClN2O. The molecule has 5 heteroatoms. The summed E-state index contributed by atoms with van der Waals surface area (Å²) in [5.41, 5.74) is 2.07. The molecule has 0 radical (unpaired) electrons. The van der Waals surface area contributed by atoms with Crippen molar-refractivity contribution in [2.24, 2.45) is 5.92 Å². The van der Waals surface area contributed by atoms with Crippen molar-refractivity contribution < 1.29 is 4.79 Å². The summed E-state index contributed by atoms with van der Waals surface area (Å²) in [7, 11) is 0. The molecule has 1 aliphatic rings. The third-order valence-corrected chi connectivity index (χ3v) is 5.07. The van der Waals surface area contributed by atoms with Crippen LogP contribution in [-0.4, -0.2) is 23.9 Å². The minimum absolute atomic E-state index is 0.0830. The van der Waals surface area contributed by atoms with Gasteiger partial charge in [0.15, 0.2) is 0 Å². The predicted octanol–water partition coefficient (Wildman–Crippen LogP) is 4.95. The summed E-state index contributed by atoms with van der Waals surface area (Å²) < 4.78 is 0.969. The van der Waals surface area contributed by atoms with E-state index in [9.17, 15) is 4.79 Å². The minimum Gasteiger partial charge on any atom is -0.326 e. The zero-order valence-corrected chi connectivity index (χ0v) is 15.7. The maximum absolute atomic E-state index is 12.4. The van der Waals surface area contributed by atoms with Gasteiger partial charge in [-0.15, -0.1) is 0 Å². The van der Waals surface area contributed by atoms with Crippen molar-refractivity contribution in [3.05, 3.63) is 63.6 Å². The largest absolute Gasteiger partial charge is 0.326 e. The SMILES string of the molecule is O=C(Nc1cccc(Br)c1)C1CCN(Cc2cccc(Cl)c2)CC1. The smallest absolute Gasteiger partial charge is 0.227 e. The van der Waals surface area contributed by atoms with Crippen molar-refractivity contribution in [1.82, 2.24) is 4.90 Å². The normalized spacial score (nSPS) is 16.1. The minimum atomic E-state index is 0.0830. The van der Waals surface area contributed by atoms with Crippen LogP contribution in [0.25, 0.3) is 0 Å². The van der Waals surface area contributed by atoms with Crippen molar-refractivity contribution >= 4 is 39.1 Å². The predicted molar refractivity (Wildman–Crippen MR) is 102 cm³/mol. The van der Waals surface area contributed by atoms with Gasteiger partial charge in [0.1, 0.15) is 0 Å². The second kappa shape index (κ2) is 8.15. The molecule has 1 amide bonds. The molecule has 126 valence electrons. The van der Waals surface area contributed by atoms with E-state index in [0.717, 1.165) is 47.7 Å². The molecular weight excluding hydrogens is 388 g/mol. The van der Waals surface area contributed by atoms with Gasteiger partial charge in [-0.3, -0.25) is 9.69 Å². The van der Waals surface area contributed by atoms with Gasteiger partial charge in [-0.05, 0) is 61.8 Å². The average Bonchev–Trinajstić information content (AvgIpc) is 2.55. The fraction of sp³-hybridized carbons (Fsp3) is 0.316. The quantitative estimate of drug-likeness (QED) is 0.777. The van der Waals surface area contributed by atoms with Crippen LogP contribution in [0.15, 0.2) is 53.0 Å². The maximum Gasteiger partial charge on any atom is 0.227 e. The van der Waals surface area contributed by atoms with Gasteiger partial charge in [0, 0.05) is 27.6 Å². The van der Waals surface area contributed by atoms with Crippen LogP contribution >= 0.6 is 27.5 Å². The van der Waals surface area contributed by atoms with Gasteiger partial charge in [-0.25, -0.2) is 0 Å². The number of nitrogens with zero attached hydrogens (tertiary/aromatic N) is 1. The van der Waals surface area contributed by atoms with Gasteiger partial charge in [-0.2, -0.15) is 0 Å². The number of benzene rings is 2. The Labute approximate surface area is 156 Å². The molecule has 0 unspecified atom stereocenters. The molecule has 0 bridgehead atoms. The summed E-state index contributed by atoms with van der Waals surface area (Å²) in [6.45, 7) is 2.76. The van der Waals surface area contributed by atoms with Crippen LogP contribution in [0.1, 0.15) is 18.4 Å². The zero-order valence-electron chi connectivity index (χ0n) is 13.3. The number of nitrogens with one attached hydrogen (secondary N) is 1. The Morgan fingerprint density at radius 1 is 1.17 bits per heavy atom. The molecule has 0 aromatic heterocycles. The Kier molecular flexibility index (Phi) is 5.93. The van der Waals surface area contributed by atoms with Crippen LogP contribution in [-0.2, 0) is 11.3 Å². The number of hydrogen-bond donors (Lipinski definition) is 1. The molecule has 0 atom stereocenters. The lowest BCUT2D eigenvalue weighted by atomic mass is 9.95. The Hall–Kier alpha value is -1.36. The third-order valence-electron chi connectivity index (χ3n) is 4.35. The van der Waals surface area contributed by atoms with E-state index in [1.807, 2.05) is 42.5 Å². The number of anilines is 1. The maximum atomic E-state index is 12.4. The Balaban J connectivity index is 1.50. The Bertz CT molecular complexity index is 714. The van der Waals surface area contributed by atoms with E-state index in [4.69, 9.17) is 11.6 Å². The van der Waals surface area contributed by atoms with E-state index >= 15 is 0 Å². The monoisotopic (exact) mass is 406 g/mol. The van der Waals surface area contributed by atoms with E-state index in [0.29, 0.717) is 0 Å². The molecule has 0 spiro atoms. The number of carbonyl (C=O) groups excluding carboxylic acids is 1. The van der Waals surface area contributed by atoms with Crippen LogP contribution in [0.3, 0.4) is 0 Å². The molecule has 2 aromatic carbocycles. The molecule has 1 saturated heterocycles. The summed E-state index contributed by atoms with van der Waals surface area (Å²) in [6.07, 6.45) is 1.78. The van der Waals surface area contributed by atoms with Crippen LogP contribution in [0.4, 0.5) is 5.69 Å². The molecule has 1 heterocycles. The summed E-state index contributed by atoms with van der Waals surface area (Å²) in [6, 6.07) is 15.7. The lowest BCUT2D eigenvalue weighted by molar-refractivity contribution is -0.121. The van der Waals surface area contributed by atoms with E-state index in [2.05, 4.69) is 32.2 Å². The highest BCUT2D eigenvalue weighted by molar-refractivity contribution is 9.10. The molecule has 1 aliphatic heterocycles. The van der Waals surface area contributed by atoms with E-state index < -0.39 is 0 Å². The van der Waals surface area contributed by atoms with Crippen molar-refractivity contribution in [3.8, 4) is 0 Å². The second-order valence-electron chi connectivity index (χ2n) is 6.18. The lowest BCUT2D eigenvalue weighted by Crippen LogP contribution is -2.37. The summed E-state index contributed by atoms with van der Waals surface area (Å²) in [5, 5.41) is 3.79. The van der Waals surface area contributed by atoms with Gasteiger partial charge in [0.25, 0.3) is 0 Å². The second-order valence-corrected chi connectivity index (χ2v) is 7.53. The summed E-state index contributed by atoms with van der Waals surface area (Å²) in [4.78, 5) is 14.8. The standard InChI is InChI=1S/C19H20BrClN2O/c20-16-4-2-6-18(12-16)22-19(24)15-7-9-23(10-8-15)13-14-3-1-5-17(21)11-14/h1-6,11-12,15H,7-10,13H2,(H,22,24). The van der Waals surface area contributed by atoms with Crippen molar-refractivity contribution in [2.75, 3.05) is 18.4 Å². The summed E-state index contributed by atoms with van der Waals surface area (Å²) >= 11 is 9.47. The van der Waals surface area contributed by atoms with E-state index in [1.165, 1.54) is 5.56 Å². The van der Waals surface area contributed by atoms with Crippen LogP contribution in [0, 0.1) is 5.92 Å². The topological polar surface area (TPSA) is 32.3 Å². The van der Waals surface area contributed by atoms with Crippen molar-refractivity contribution in [1.29, 1.82) is 0 Å². The number of piperidine rings is 1. The Morgan fingerprint density at radius 2 is 1.92 bits per heavy atom. The van der Waals surface area contributed by atoms with E-state index in [1.54, 1.807) is 0 Å². The van der Waals surface area contributed by atoms with Crippen LogP contribution in [0.2, 0.25) is 5.02 Å². The molecule has 0 saturated carbocycles.